The number of amides is 4. The van der Waals surface area contributed by atoms with Crippen molar-refractivity contribution >= 4 is 23.8 Å². The SMILES string of the molecule is C[C@H](NC(=O)CC1C(=O)N(C(C)(C)C)C(=O)N1C[C@H]1O[C@@H]2OC(C)(C)O[C@@H]2[C@H]2OC(C)(C)O[C@H]21)C(=O)OCc1ccccc1. The molecule has 0 radical (unpaired) electrons. The van der Waals surface area contributed by atoms with Gasteiger partial charge in [0, 0.05) is 5.54 Å². The standard InChI is InChI=1S/C31H43N3O10/c1-17(26(37)39-16-18-12-10-9-11-13-18)32-21(35)14-19-25(36)34(29(2,3)4)28(38)33(19)15-20-22-23(42-30(5,6)41-22)24-27(40-20)44-31(7,8)43-24/h9-13,17,19-20,22-24,27H,14-16H2,1-8H3,(H,32,35)/t17-,19?,20+,22-,23-,24+,27+/m0/s1. The minimum Gasteiger partial charge on any atom is -0.459 e. The molecule has 0 aromatic heterocycles. The highest BCUT2D eigenvalue weighted by Crippen LogP contribution is 2.44. The van der Waals surface area contributed by atoms with Crippen LogP contribution in [-0.2, 0) is 49.4 Å². The first kappa shape index (κ1) is 32.3. The summed E-state index contributed by atoms with van der Waals surface area (Å²) >= 11 is 0. The summed E-state index contributed by atoms with van der Waals surface area (Å²) in [5.41, 5.74) is -0.0433. The van der Waals surface area contributed by atoms with Gasteiger partial charge in [-0.05, 0) is 61.0 Å². The molecule has 4 fully saturated rings. The molecule has 4 aliphatic rings. The van der Waals surface area contributed by atoms with Crippen molar-refractivity contribution in [3.63, 3.8) is 0 Å². The number of carbonyl (C=O) groups is 4. The van der Waals surface area contributed by atoms with Crippen LogP contribution in [0, 0.1) is 0 Å². The predicted molar refractivity (Wildman–Crippen MR) is 153 cm³/mol. The summed E-state index contributed by atoms with van der Waals surface area (Å²) in [4.78, 5) is 55.7. The van der Waals surface area contributed by atoms with Crippen molar-refractivity contribution in [1.29, 1.82) is 0 Å². The molecule has 242 valence electrons. The Bertz CT molecular complexity index is 1280. The van der Waals surface area contributed by atoms with Crippen molar-refractivity contribution in [2.24, 2.45) is 0 Å². The van der Waals surface area contributed by atoms with Crippen molar-refractivity contribution in [3.05, 3.63) is 35.9 Å². The molecule has 7 atom stereocenters. The molecule has 4 saturated heterocycles. The first-order valence-corrected chi connectivity index (χ1v) is 15.0. The number of rotatable bonds is 8. The van der Waals surface area contributed by atoms with Gasteiger partial charge in [-0.3, -0.25) is 14.5 Å². The lowest BCUT2D eigenvalue weighted by atomic mass is 9.98. The molecule has 1 aromatic rings. The molecule has 0 bridgehead atoms. The van der Waals surface area contributed by atoms with Crippen LogP contribution >= 0.6 is 0 Å². The normalized spacial score (nSPS) is 31.5. The summed E-state index contributed by atoms with van der Waals surface area (Å²) in [6.07, 6.45) is -3.65. The van der Waals surface area contributed by atoms with E-state index in [1.165, 1.54) is 11.8 Å². The predicted octanol–water partition coefficient (Wildman–Crippen LogP) is 2.45. The van der Waals surface area contributed by atoms with E-state index in [0.29, 0.717) is 0 Å². The smallest absolute Gasteiger partial charge is 0.328 e. The number of ether oxygens (including phenoxy) is 6. The van der Waals surface area contributed by atoms with Gasteiger partial charge in [0.15, 0.2) is 17.9 Å². The Morgan fingerprint density at radius 1 is 0.955 bits per heavy atom. The maximum atomic E-state index is 13.8. The van der Waals surface area contributed by atoms with Crippen molar-refractivity contribution in [3.8, 4) is 0 Å². The molecule has 1 unspecified atom stereocenters. The number of esters is 1. The van der Waals surface area contributed by atoms with Gasteiger partial charge in [-0.1, -0.05) is 30.3 Å². The number of nitrogens with one attached hydrogen (secondary N) is 1. The van der Waals surface area contributed by atoms with Crippen LogP contribution in [0.25, 0.3) is 0 Å². The molecule has 1 N–H and O–H groups in total. The molecule has 0 spiro atoms. The Morgan fingerprint density at radius 2 is 1.57 bits per heavy atom. The van der Waals surface area contributed by atoms with Crippen LogP contribution in [0.3, 0.4) is 0 Å². The Hall–Kier alpha value is -3.10. The Morgan fingerprint density at radius 3 is 2.23 bits per heavy atom. The van der Waals surface area contributed by atoms with E-state index in [0.717, 1.165) is 10.5 Å². The molecular formula is C31H43N3O10. The fraction of sp³-hybridized carbons (Fsp3) is 0.677. The van der Waals surface area contributed by atoms with Gasteiger partial charge in [0.1, 0.15) is 43.1 Å². The van der Waals surface area contributed by atoms with E-state index in [2.05, 4.69) is 5.32 Å². The Labute approximate surface area is 257 Å². The second-order valence-corrected chi connectivity index (χ2v) is 13.6. The van der Waals surface area contributed by atoms with Gasteiger partial charge < -0.3 is 38.6 Å². The summed E-state index contributed by atoms with van der Waals surface area (Å²) in [5.74, 6) is -3.60. The second-order valence-electron chi connectivity index (χ2n) is 13.6. The van der Waals surface area contributed by atoms with Crippen LogP contribution in [0.2, 0.25) is 0 Å². The lowest BCUT2D eigenvalue weighted by Crippen LogP contribution is -2.59. The van der Waals surface area contributed by atoms with Gasteiger partial charge in [0.25, 0.3) is 5.91 Å². The fourth-order valence-electron chi connectivity index (χ4n) is 6.08. The summed E-state index contributed by atoms with van der Waals surface area (Å²) in [6.45, 7) is 13.8. The minimum atomic E-state index is -1.14. The lowest BCUT2D eigenvalue weighted by Gasteiger charge is -2.39. The van der Waals surface area contributed by atoms with Gasteiger partial charge in [-0.2, -0.15) is 0 Å². The molecule has 0 saturated carbocycles. The molecule has 13 heteroatoms. The van der Waals surface area contributed by atoms with Gasteiger partial charge in [0.05, 0.1) is 13.0 Å². The zero-order valence-electron chi connectivity index (χ0n) is 26.5. The van der Waals surface area contributed by atoms with Crippen LogP contribution in [0.4, 0.5) is 4.79 Å². The van der Waals surface area contributed by atoms with Crippen molar-refractivity contribution in [2.45, 2.75) is 128 Å². The number of urea groups is 1. The number of benzene rings is 1. The van der Waals surface area contributed by atoms with Crippen molar-refractivity contribution in [2.75, 3.05) is 6.54 Å². The second kappa shape index (κ2) is 11.7. The number of fused-ring (bicyclic) bond motifs is 3. The quantitative estimate of drug-likeness (QED) is 0.342. The van der Waals surface area contributed by atoms with E-state index < -0.39 is 83.7 Å². The molecule has 13 nitrogen and oxygen atoms in total. The highest BCUT2D eigenvalue weighted by molar-refractivity contribution is 6.06. The number of carbonyl (C=O) groups excluding carboxylic acids is 4. The monoisotopic (exact) mass is 617 g/mol. The van der Waals surface area contributed by atoms with E-state index in [4.69, 9.17) is 28.4 Å². The maximum Gasteiger partial charge on any atom is 0.328 e. The zero-order chi connectivity index (χ0) is 32.2. The molecule has 1 aromatic carbocycles. The van der Waals surface area contributed by atoms with Gasteiger partial charge >= 0.3 is 12.0 Å². The molecular weight excluding hydrogens is 574 g/mol. The zero-order valence-corrected chi connectivity index (χ0v) is 26.5. The van der Waals surface area contributed by atoms with Crippen LogP contribution < -0.4 is 5.32 Å². The number of hydrogen-bond acceptors (Lipinski definition) is 10. The third-order valence-electron chi connectivity index (χ3n) is 7.95. The van der Waals surface area contributed by atoms with Crippen molar-refractivity contribution in [1.82, 2.24) is 15.1 Å². The van der Waals surface area contributed by atoms with E-state index >= 15 is 0 Å². The third-order valence-corrected chi connectivity index (χ3v) is 7.95. The summed E-state index contributed by atoms with van der Waals surface area (Å²) < 4.78 is 36.1. The third kappa shape index (κ3) is 6.62. The van der Waals surface area contributed by atoms with Gasteiger partial charge in [-0.25, -0.2) is 9.59 Å². The number of hydrogen-bond donors (Lipinski definition) is 1. The topological polar surface area (TPSA) is 142 Å². The van der Waals surface area contributed by atoms with Crippen LogP contribution in [0.1, 0.15) is 67.4 Å². The fourth-order valence-corrected chi connectivity index (χ4v) is 6.08. The van der Waals surface area contributed by atoms with Gasteiger partial charge in [-0.15, -0.1) is 0 Å². The molecule has 4 aliphatic heterocycles. The van der Waals surface area contributed by atoms with Gasteiger partial charge in [0.2, 0.25) is 5.91 Å². The molecule has 4 heterocycles. The number of nitrogens with zero attached hydrogens (tertiary/aromatic N) is 2. The Kier molecular flexibility index (Phi) is 8.57. The molecule has 4 amide bonds. The average Bonchev–Trinajstić information content (AvgIpc) is 3.50. The van der Waals surface area contributed by atoms with E-state index in [-0.39, 0.29) is 19.6 Å². The van der Waals surface area contributed by atoms with Crippen molar-refractivity contribution < 1.29 is 47.6 Å². The summed E-state index contributed by atoms with van der Waals surface area (Å²) in [6, 6.07) is 6.50. The van der Waals surface area contributed by atoms with Crippen LogP contribution in [-0.4, -0.2) is 100 Å². The first-order chi connectivity index (χ1) is 20.5. The summed E-state index contributed by atoms with van der Waals surface area (Å²) in [7, 11) is 0. The largest absolute Gasteiger partial charge is 0.459 e. The van der Waals surface area contributed by atoms with E-state index in [9.17, 15) is 19.2 Å². The number of imide groups is 1. The van der Waals surface area contributed by atoms with Crippen LogP contribution in [0.5, 0.6) is 0 Å². The maximum absolute atomic E-state index is 13.8. The summed E-state index contributed by atoms with van der Waals surface area (Å²) in [5, 5.41) is 2.61. The Balaban J connectivity index is 1.30. The van der Waals surface area contributed by atoms with E-state index in [1.54, 1.807) is 48.5 Å². The first-order valence-electron chi connectivity index (χ1n) is 15.0. The highest BCUT2D eigenvalue weighted by atomic mass is 16.9. The minimum absolute atomic E-state index is 0.0593. The van der Waals surface area contributed by atoms with Crippen LogP contribution in [0.15, 0.2) is 30.3 Å². The highest BCUT2D eigenvalue weighted by Gasteiger charge is 2.62. The molecule has 0 aliphatic carbocycles. The average molecular weight is 618 g/mol. The lowest BCUT2D eigenvalue weighted by molar-refractivity contribution is -0.235. The molecule has 44 heavy (non-hydrogen) atoms. The molecule has 5 rings (SSSR count). The van der Waals surface area contributed by atoms with E-state index in [1.807, 2.05) is 30.3 Å².